The Balaban J connectivity index is 1.58. The number of aliphatic imine (C=N–C) groups is 1. The number of carbonyl (C=O) groups excluding carboxylic acids is 2. The van der Waals surface area contributed by atoms with E-state index in [9.17, 15) is 20.0 Å². The van der Waals surface area contributed by atoms with E-state index in [4.69, 9.17) is 4.74 Å². The zero-order valence-electron chi connectivity index (χ0n) is 18.5. The fourth-order valence-electron chi connectivity index (χ4n) is 3.93. The van der Waals surface area contributed by atoms with Crippen molar-refractivity contribution in [2.45, 2.75) is 38.2 Å². The van der Waals surface area contributed by atoms with E-state index < -0.39 is 6.10 Å². The Kier molecular flexibility index (Phi) is 8.58. The molecule has 2 amide bonds. The molecule has 1 aliphatic carbocycles. The number of nitriles is 1. The van der Waals surface area contributed by atoms with Gasteiger partial charge in [-0.3, -0.25) is 9.79 Å². The maximum atomic E-state index is 12.3. The van der Waals surface area contributed by atoms with Crippen LogP contribution in [-0.2, 0) is 22.4 Å². The number of nitrogens with zero attached hydrogens (tertiary/aromatic N) is 3. The molecule has 1 saturated heterocycles. The number of amides is 2. The van der Waals surface area contributed by atoms with Gasteiger partial charge in [-0.1, -0.05) is 13.2 Å². The normalized spacial score (nSPS) is 20.3. The minimum absolute atomic E-state index is 0.150. The van der Waals surface area contributed by atoms with Gasteiger partial charge in [0.25, 0.3) is 0 Å². The van der Waals surface area contributed by atoms with Gasteiger partial charge >= 0.3 is 6.09 Å². The number of rotatable bonds is 7. The van der Waals surface area contributed by atoms with Gasteiger partial charge in [-0.2, -0.15) is 5.26 Å². The lowest BCUT2D eigenvalue weighted by atomic mass is 9.88. The lowest BCUT2D eigenvalue weighted by molar-refractivity contribution is -0.111. The summed E-state index contributed by atoms with van der Waals surface area (Å²) in [4.78, 5) is 31.0. The number of hydrogen-bond acceptors (Lipinski definition) is 7. The van der Waals surface area contributed by atoms with Crippen LogP contribution in [0, 0.1) is 17.2 Å². The van der Waals surface area contributed by atoms with Crippen molar-refractivity contribution in [3.8, 4) is 6.07 Å². The van der Waals surface area contributed by atoms with E-state index in [1.54, 1.807) is 4.90 Å². The molecule has 9 heteroatoms. The molecule has 0 aromatic carbocycles. The number of hydrogen-bond donors (Lipinski definition) is 2. The second-order valence-electron chi connectivity index (χ2n) is 8.11. The maximum Gasteiger partial charge on any atom is 0.409 e. The molecule has 33 heavy (non-hydrogen) atoms. The van der Waals surface area contributed by atoms with Crippen LogP contribution >= 0.6 is 11.3 Å². The van der Waals surface area contributed by atoms with Crippen LogP contribution < -0.4 is 5.32 Å². The Bertz CT molecular complexity index is 1020. The van der Waals surface area contributed by atoms with Gasteiger partial charge in [0.15, 0.2) is 0 Å². The molecule has 8 nitrogen and oxygen atoms in total. The average Bonchev–Trinajstić information content (AvgIpc) is 3.15. The van der Waals surface area contributed by atoms with Crippen molar-refractivity contribution in [3.63, 3.8) is 0 Å². The Labute approximate surface area is 197 Å². The standard InChI is InChI=1S/C24H28N4O4S/c1-3-26-13-16(2)6-9-22(30)27-23-20(12-25)19-8-7-17(11-21(19)33-23)15-32-24(31)28-10-4-5-18(29)14-28/h3,6,9,13,17-18,29H,1-2,4-5,7-8,10-11,14-15H2,(H,27,30)/b9-6+,26-13?/t17-,18+/m0/s1. The Morgan fingerprint density at radius 2 is 2.21 bits per heavy atom. The first kappa shape index (κ1) is 24.4. The van der Waals surface area contributed by atoms with Gasteiger partial charge in [-0.05, 0) is 55.2 Å². The molecule has 3 rings (SSSR count). The lowest BCUT2D eigenvalue weighted by Gasteiger charge is -2.30. The molecule has 2 heterocycles. The van der Waals surface area contributed by atoms with E-state index in [0.717, 1.165) is 23.3 Å². The molecular formula is C24H28N4O4S. The molecule has 2 N–H and O–H groups in total. The first-order chi connectivity index (χ1) is 15.9. The van der Waals surface area contributed by atoms with Gasteiger partial charge < -0.3 is 20.1 Å². The molecule has 1 aromatic heterocycles. The molecule has 0 unspecified atom stereocenters. The van der Waals surface area contributed by atoms with Gasteiger partial charge in [-0.15, -0.1) is 11.3 Å². The summed E-state index contributed by atoms with van der Waals surface area (Å²) in [7, 11) is 0. The summed E-state index contributed by atoms with van der Waals surface area (Å²) < 4.78 is 5.51. The van der Waals surface area contributed by atoms with Crippen LogP contribution in [0.4, 0.5) is 9.80 Å². The van der Waals surface area contributed by atoms with Crippen LogP contribution in [-0.4, -0.2) is 54.0 Å². The van der Waals surface area contributed by atoms with E-state index in [1.807, 2.05) is 0 Å². The number of piperidine rings is 1. The van der Waals surface area contributed by atoms with Gasteiger partial charge in [0.2, 0.25) is 5.91 Å². The number of nitrogens with one attached hydrogen (secondary N) is 1. The smallest absolute Gasteiger partial charge is 0.409 e. The van der Waals surface area contributed by atoms with Crippen LogP contribution in [0.3, 0.4) is 0 Å². The third-order valence-electron chi connectivity index (χ3n) is 5.61. The van der Waals surface area contributed by atoms with Crippen LogP contribution in [0.2, 0.25) is 0 Å². The highest BCUT2D eigenvalue weighted by Crippen LogP contribution is 2.39. The lowest BCUT2D eigenvalue weighted by Crippen LogP contribution is -2.42. The summed E-state index contributed by atoms with van der Waals surface area (Å²) in [5, 5.41) is 22.7. The molecule has 0 radical (unpaired) electrons. The van der Waals surface area contributed by atoms with Gasteiger partial charge in [0, 0.05) is 36.5 Å². The zero-order chi connectivity index (χ0) is 23.8. The molecular weight excluding hydrogens is 440 g/mol. The number of thiophene rings is 1. The van der Waals surface area contributed by atoms with Crippen molar-refractivity contribution in [1.29, 1.82) is 5.26 Å². The molecule has 1 aliphatic heterocycles. The zero-order valence-corrected chi connectivity index (χ0v) is 19.3. The van der Waals surface area contributed by atoms with Crippen molar-refractivity contribution >= 4 is 34.6 Å². The predicted molar refractivity (Wildman–Crippen MR) is 128 cm³/mol. The molecule has 1 aromatic rings. The third kappa shape index (κ3) is 6.63. The molecule has 2 aliphatic rings. The predicted octanol–water partition coefficient (Wildman–Crippen LogP) is 3.58. The summed E-state index contributed by atoms with van der Waals surface area (Å²) >= 11 is 1.40. The van der Waals surface area contributed by atoms with Crippen molar-refractivity contribution < 1.29 is 19.4 Å². The van der Waals surface area contributed by atoms with E-state index >= 15 is 0 Å². The number of aliphatic hydroxyl groups excluding tert-OH is 1. The van der Waals surface area contributed by atoms with Gasteiger partial charge in [0.05, 0.1) is 18.3 Å². The van der Waals surface area contributed by atoms with E-state index in [1.165, 1.54) is 35.9 Å². The quantitative estimate of drug-likeness (QED) is 0.361. The summed E-state index contributed by atoms with van der Waals surface area (Å²) in [5.41, 5.74) is 2.01. The fourth-order valence-corrected chi connectivity index (χ4v) is 5.25. The minimum atomic E-state index is -0.485. The van der Waals surface area contributed by atoms with Crippen molar-refractivity contribution in [3.05, 3.63) is 53.1 Å². The third-order valence-corrected chi connectivity index (χ3v) is 6.78. The van der Waals surface area contributed by atoms with E-state index in [2.05, 4.69) is 29.5 Å². The fraction of sp³-hybridized carbons (Fsp3) is 0.417. The monoisotopic (exact) mass is 468 g/mol. The first-order valence-corrected chi connectivity index (χ1v) is 11.7. The molecule has 0 saturated carbocycles. The number of likely N-dealkylation sites (tertiary alicyclic amines) is 1. The summed E-state index contributed by atoms with van der Waals surface area (Å²) in [6.45, 7) is 8.46. The van der Waals surface area contributed by atoms with Gasteiger partial charge in [0.1, 0.15) is 11.1 Å². The number of fused-ring (bicyclic) bond motifs is 1. The van der Waals surface area contributed by atoms with E-state index in [-0.39, 0.29) is 17.9 Å². The summed E-state index contributed by atoms with van der Waals surface area (Å²) in [6, 6.07) is 2.22. The Morgan fingerprint density at radius 1 is 1.39 bits per heavy atom. The summed E-state index contributed by atoms with van der Waals surface area (Å²) in [5.74, 6) is -0.204. The number of allylic oxidation sites excluding steroid dienone is 2. The first-order valence-electron chi connectivity index (χ1n) is 10.9. The number of aliphatic hydroxyl groups is 1. The number of anilines is 1. The second kappa shape index (κ2) is 11.6. The molecule has 1 fully saturated rings. The van der Waals surface area contributed by atoms with E-state index in [0.29, 0.717) is 55.1 Å². The van der Waals surface area contributed by atoms with Crippen molar-refractivity contribution in [1.82, 2.24) is 4.90 Å². The van der Waals surface area contributed by atoms with Crippen molar-refractivity contribution in [2.75, 3.05) is 25.0 Å². The SMILES string of the molecule is C=CN=CC(=C)/C=C/C(=O)Nc1sc2c(c1C#N)CC[C@H](COC(=O)N1CCC[C@@H](O)C1)C2. The molecule has 174 valence electrons. The maximum absolute atomic E-state index is 12.3. The summed E-state index contributed by atoms with van der Waals surface area (Å²) in [6.07, 6.45) is 8.53. The Hall–Kier alpha value is -3.22. The highest BCUT2D eigenvalue weighted by molar-refractivity contribution is 7.16. The Morgan fingerprint density at radius 3 is 2.94 bits per heavy atom. The number of carbonyl (C=O) groups is 2. The highest BCUT2D eigenvalue weighted by Gasteiger charge is 2.28. The topological polar surface area (TPSA) is 115 Å². The van der Waals surface area contributed by atoms with Crippen LogP contribution in [0.15, 0.2) is 42.1 Å². The van der Waals surface area contributed by atoms with Gasteiger partial charge in [-0.25, -0.2) is 4.79 Å². The highest BCUT2D eigenvalue weighted by atomic mass is 32.1. The van der Waals surface area contributed by atoms with Crippen LogP contribution in [0.25, 0.3) is 0 Å². The van der Waals surface area contributed by atoms with Crippen LogP contribution in [0.1, 0.15) is 35.3 Å². The second-order valence-corrected chi connectivity index (χ2v) is 9.21. The number of β-amino-alcohol motifs (C(OH)–C–C–N with tert-alkyl or cyclic N) is 1. The van der Waals surface area contributed by atoms with Crippen molar-refractivity contribution in [2.24, 2.45) is 10.9 Å². The minimum Gasteiger partial charge on any atom is -0.449 e. The molecule has 0 bridgehead atoms. The van der Waals surface area contributed by atoms with Crippen LogP contribution in [0.5, 0.6) is 0 Å². The number of ether oxygens (including phenoxy) is 1. The molecule has 2 atom stereocenters. The molecule has 0 spiro atoms. The average molecular weight is 469 g/mol. The largest absolute Gasteiger partial charge is 0.449 e.